The van der Waals surface area contributed by atoms with Gasteiger partial charge in [0.15, 0.2) is 5.13 Å². The Bertz CT molecular complexity index is 778. The number of benzene rings is 1. The highest BCUT2D eigenvalue weighted by Gasteiger charge is 2.18. The number of methoxy groups -OCH3 is 1. The normalized spacial score (nSPS) is 11.7. The van der Waals surface area contributed by atoms with E-state index in [9.17, 15) is 9.59 Å². The summed E-state index contributed by atoms with van der Waals surface area (Å²) in [6.07, 6.45) is 0. The molecule has 0 saturated heterocycles. The Hall–Kier alpha value is -2.65. The molecular weight excluding hydrogens is 366 g/mol. The highest BCUT2D eigenvalue weighted by Crippen LogP contribution is 2.23. The minimum absolute atomic E-state index is 0.227. The Balaban J connectivity index is 1.89. The summed E-state index contributed by atoms with van der Waals surface area (Å²) in [7, 11) is 5.45. The molecule has 0 aliphatic rings. The third-order valence-electron chi connectivity index (χ3n) is 3.66. The second-order valence-electron chi connectivity index (χ2n) is 6.18. The fourth-order valence-corrected chi connectivity index (χ4v) is 2.86. The fourth-order valence-electron chi connectivity index (χ4n) is 2.15. The molecule has 2 aromatic rings. The lowest BCUT2D eigenvalue weighted by atomic mass is 10.3. The van der Waals surface area contributed by atoms with Crippen molar-refractivity contribution in [3.63, 3.8) is 0 Å². The molecule has 9 heteroatoms. The summed E-state index contributed by atoms with van der Waals surface area (Å²) in [5, 5.41) is 10.8. The van der Waals surface area contributed by atoms with Crippen molar-refractivity contribution in [2.75, 3.05) is 39.6 Å². The minimum Gasteiger partial charge on any atom is -0.497 e. The van der Waals surface area contributed by atoms with E-state index in [1.165, 1.54) is 11.3 Å². The number of thiazole rings is 1. The topological polar surface area (TPSA) is 95.6 Å². The molecule has 0 radical (unpaired) electrons. The van der Waals surface area contributed by atoms with Gasteiger partial charge in [0, 0.05) is 30.2 Å². The van der Waals surface area contributed by atoms with E-state index in [1.807, 2.05) is 43.3 Å². The predicted octanol–water partition coefficient (Wildman–Crippen LogP) is 1.69. The van der Waals surface area contributed by atoms with Crippen LogP contribution in [-0.4, -0.2) is 62.0 Å². The number of nitrogens with one attached hydrogen (secondary N) is 3. The molecule has 1 heterocycles. The number of carbonyl (C=O) groups excluding carboxylic acids is 2. The number of hydrogen-bond acceptors (Lipinski definition) is 7. The van der Waals surface area contributed by atoms with Crippen molar-refractivity contribution in [2.24, 2.45) is 0 Å². The van der Waals surface area contributed by atoms with Gasteiger partial charge in [0.2, 0.25) is 5.91 Å². The number of rotatable bonds is 9. The molecule has 1 aromatic heterocycles. The first kappa shape index (κ1) is 20.7. The van der Waals surface area contributed by atoms with E-state index in [1.54, 1.807) is 19.4 Å². The first-order valence-electron chi connectivity index (χ1n) is 8.49. The lowest BCUT2D eigenvalue weighted by molar-refractivity contribution is -0.122. The Morgan fingerprint density at radius 3 is 2.81 bits per heavy atom. The summed E-state index contributed by atoms with van der Waals surface area (Å²) in [6.45, 7) is 2.90. The summed E-state index contributed by atoms with van der Waals surface area (Å²) in [5.41, 5.74) is 1.07. The van der Waals surface area contributed by atoms with E-state index >= 15 is 0 Å². The molecule has 1 atom stereocenters. The van der Waals surface area contributed by atoms with Crippen LogP contribution >= 0.6 is 11.3 Å². The molecule has 1 aromatic carbocycles. The highest BCUT2D eigenvalue weighted by molar-refractivity contribution is 7.14. The molecule has 0 saturated carbocycles. The van der Waals surface area contributed by atoms with Gasteiger partial charge in [0.1, 0.15) is 17.5 Å². The van der Waals surface area contributed by atoms with Gasteiger partial charge in [-0.1, -0.05) is 6.07 Å². The van der Waals surface area contributed by atoms with Crippen LogP contribution in [-0.2, 0) is 4.79 Å². The molecular formula is C18H25N5O3S. The minimum atomic E-state index is -0.642. The third kappa shape index (κ3) is 6.54. The monoisotopic (exact) mass is 391 g/mol. The van der Waals surface area contributed by atoms with Gasteiger partial charge >= 0.3 is 0 Å². The molecule has 0 bridgehead atoms. The van der Waals surface area contributed by atoms with Gasteiger partial charge in [-0.3, -0.25) is 9.59 Å². The maximum Gasteiger partial charge on any atom is 0.271 e. The van der Waals surface area contributed by atoms with Crippen LogP contribution in [0.3, 0.4) is 0 Å². The molecule has 0 fully saturated rings. The number of carbonyl (C=O) groups is 2. The van der Waals surface area contributed by atoms with Crippen LogP contribution in [0.25, 0.3) is 0 Å². The second kappa shape index (κ2) is 9.89. The van der Waals surface area contributed by atoms with Crippen molar-refractivity contribution in [2.45, 2.75) is 13.0 Å². The maximum absolute atomic E-state index is 12.3. The number of amides is 2. The van der Waals surface area contributed by atoms with Gasteiger partial charge in [-0.05, 0) is 33.2 Å². The molecule has 0 unspecified atom stereocenters. The van der Waals surface area contributed by atoms with Crippen molar-refractivity contribution < 1.29 is 14.3 Å². The standard InChI is InChI=1S/C18H25N5O3S/c1-12(16(24)19-8-9-23(2)3)20-17(25)15-11-27-18(22-15)21-13-6-5-7-14(10-13)26-4/h5-7,10-12H,8-9H2,1-4H3,(H,19,24)(H,20,25)(H,21,22)/t12-/m0/s1. The van der Waals surface area contributed by atoms with E-state index < -0.39 is 6.04 Å². The van der Waals surface area contributed by atoms with Gasteiger partial charge in [-0.2, -0.15) is 0 Å². The van der Waals surface area contributed by atoms with Gasteiger partial charge in [0.05, 0.1) is 7.11 Å². The average Bonchev–Trinajstić information content (AvgIpc) is 3.10. The Labute approximate surface area is 162 Å². The van der Waals surface area contributed by atoms with Crippen molar-refractivity contribution in [3.05, 3.63) is 35.3 Å². The predicted molar refractivity (Wildman–Crippen MR) is 107 cm³/mol. The zero-order valence-electron chi connectivity index (χ0n) is 15.9. The van der Waals surface area contributed by atoms with E-state index in [-0.39, 0.29) is 17.5 Å². The lowest BCUT2D eigenvalue weighted by Gasteiger charge is -2.15. The molecule has 27 heavy (non-hydrogen) atoms. The van der Waals surface area contributed by atoms with Crippen LogP contribution in [0.1, 0.15) is 17.4 Å². The smallest absolute Gasteiger partial charge is 0.271 e. The van der Waals surface area contributed by atoms with Crippen molar-refractivity contribution in [3.8, 4) is 5.75 Å². The molecule has 8 nitrogen and oxygen atoms in total. The van der Waals surface area contributed by atoms with Crippen LogP contribution in [0.15, 0.2) is 29.6 Å². The molecule has 0 spiro atoms. The van der Waals surface area contributed by atoms with Crippen LogP contribution in [0.4, 0.5) is 10.8 Å². The quantitative estimate of drug-likeness (QED) is 0.602. The largest absolute Gasteiger partial charge is 0.497 e. The number of hydrogen-bond donors (Lipinski definition) is 3. The van der Waals surface area contributed by atoms with Gasteiger partial charge in [-0.25, -0.2) is 4.98 Å². The summed E-state index contributed by atoms with van der Waals surface area (Å²) in [6, 6.07) is 6.78. The van der Waals surface area contributed by atoms with Crippen molar-refractivity contribution in [1.82, 2.24) is 20.5 Å². The molecule has 0 aliphatic carbocycles. The van der Waals surface area contributed by atoms with Crippen molar-refractivity contribution >= 4 is 34.0 Å². The van der Waals surface area contributed by atoms with Crippen LogP contribution < -0.4 is 20.7 Å². The number of likely N-dealkylation sites (N-methyl/N-ethyl adjacent to an activating group) is 1. The second-order valence-corrected chi connectivity index (χ2v) is 7.04. The number of nitrogens with zero attached hydrogens (tertiary/aromatic N) is 2. The van der Waals surface area contributed by atoms with Crippen molar-refractivity contribution in [1.29, 1.82) is 0 Å². The van der Waals surface area contributed by atoms with E-state index in [0.717, 1.165) is 18.0 Å². The first-order valence-corrected chi connectivity index (χ1v) is 9.37. The van der Waals surface area contributed by atoms with Gasteiger partial charge in [0.25, 0.3) is 5.91 Å². The molecule has 146 valence electrons. The average molecular weight is 391 g/mol. The third-order valence-corrected chi connectivity index (χ3v) is 4.41. The van der Waals surface area contributed by atoms with Crippen LogP contribution in [0.5, 0.6) is 5.75 Å². The number of aromatic nitrogens is 1. The Morgan fingerprint density at radius 2 is 2.11 bits per heavy atom. The zero-order chi connectivity index (χ0) is 19.8. The highest BCUT2D eigenvalue weighted by atomic mass is 32.1. The summed E-state index contributed by atoms with van der Waals surface area (Å²) in [4.78, 5) is 30.6. The lowest BCUT2D eigenvalue weighted by Crippen LogP contribution is -2.46. The van der Waals surface area contributed by atoms with E-state index in [2.05, 4.69) is 20.9 Å². The van der Waals surface area contributed by atoms with E-state index in [4.69, 9.17) is 4.74 Å². The SMILES string of the molecule is COc1cccc(Nc2nc(C(=O)N[C@@H](C)C(=O)NCCN(C)C)cs2)c1. The molecule has 2 rings (SSSR count). The summed E-state index contributed by atoms with van der Waals surface area (Å²) >= 11 is 1.31. The Kier molecular flexibility index (Phi) is 7.56. The molecule has 0 aliphatic heterocycles. The fraction of sp³-hybridized carbons (Fsp3) is 0.389. The zero-order valence-corrected chi connectivity index (χ0v) is 16.7. The van der Waals surface area contributed by atoms with Crippen LogP contribution in [0, 0.1) is 0 Å². The summed E-state index contributed by atoms with van der Waals surface area (Å²) in [5.74, 6) is 0.110. The van der Waals surface area contributed by atoms with Crippen LogP contribution in [0.2, 0.25) is 0 Å². The number of anilines is 2. The number of ether oxygens (including phenoxy) is 1. The van der Waals surface area contributed by atoms with E-state index in [0.29, 0.717) is 11.7 Å². The van der Waals surface area contributed by atoms with Gasteiger partial charge < -0.3 is 25.6 Å². The first-order chi connectivity index (χ1) is 12.9. The summed E-state index contributed by atoms with van der Waals surface area (Å²) < 4.78 is 5.18. The maximum atomic E-state index is 12.3. The molecule has 2 amide bonds. The van der Waals surface area contributed by atoms with Gasteiger partial charge in [-0.15, -0.1) is 11.3 Å². The molecule has 3 N–H and O–H groups in total. The Morgan fingerprint density at radius 1 is 1.33 bits per heavy atom.